The van der Waals surface area contributed by atoms with Crippen LogP contribution in [0, 0.1) is 6.92 Å². The Morgan fingerprint density at radius 2 is 0.979 bits per heavy atom. The van der Waals surface area contributed by atoms with Gasteiger partial charge < -0.3 is 4.90 Å². The van der Waals surface area contributed by atoms with Crippen molar-refractivity contribution in [3.63, 3.8) is 0 Å². The number of rotatable bonds is 6. The Labute approximate surface area is 277 Å². The van der Waals surface area contributed by atoms with Gasteiger partial charge in [-0.15, -0.1) is 0 Å². The fourth-order valence-corrected chi connectivity index (χ4v) is 7.28. The quantitative estimate of drug-likeness (QED) is 0.171. The molecule has 0 aliphatic rings. The molecule has 0 aromatic heterocycles. The highest BCUT2D eigenvalue weighted by molar-refractivity contribution is 6.17. The van der Waals surface area contributed by atoms with Crippen molar-refractivity contribution in [1.29, 1.82) is 0 Å². The second-order valence-electron chi connectivity index (χ2n) is 13.1. The van der Waals surface area contributed by atoms with E-state index in [1.807, 2.05) is 0 Å². The molecule has 0 aliphatic carbocycles. The lowest BCUT2D eigenvalue weighted by atomic mass is 9.76. The molecule has 0 spiro atoms. The highest BCUT2D eigenvalue weighted by Crippen LogP contribution is 2.42. The van der Waals surface area contributed by atoms with E-state index in [1.54, 1.807) is 0 Å². The molecule has 0 saturated carbocycles. The van der Waals surface area contributed by atoms with Crippen LogP contribution < -0.4 is 4.90 Å². The number of benzene rings is 8. The van der Waals surface area contributed by atoms with Gasteiger partial charge in [0.1, 0.15) is 0 Å². The summed E-state index contributed by atoms with van der Waals surface area (Å²) in [7, 11) is 0. The highest BCUT2D eigenvalue weighted by atomic mass is 15.1. The SMILES string of the molecule is Cc1ccc(N(c2cccc(-c3ccccc3)c2)c2ccc3ccc4c5ccccc5ccc4c3c2)cc1C(C)(C)c1ccccc1. The minimum atomic E-state index is -0.167. The summed E-state index contributed by atoms with van der Waals surface area (Å²) in [6, 6.07) is 62.1. The zero-order chi connectivity index (χ0) is 32.0. The summed E-state index contributed by atoms with van der Waals surface area (Å²) in [5, 5.41) is 7.61. The lowest BCUT2D eigenvalue weighted by Gasteiger charge is -2.31. The standard InChI is InChI=1S/C46H37N/c1-32-21-25-40(31-45(32)46(2,3)37-17-8-5-9-18-37)47(38-19-12-16-36(29-38)33-13-6-4-7-14-33)39-26-22-35-24-27-42-41-20-11-10-15-34(41)23-28-43(42)44(35)30-39/h4-31H,1-3H3. The molecule has 1 nitrogen and oxygen atoms in total. The molecule has 0 amide bonds. The van der Waals surface area contributed by atoms with Gasteiger partial charge >= 0.3 is 0 Å². The molecule has 8 aromatic rings. The van der Waals surface area contributed by atoms with Crippen LogP contribution in [-0.2, 0) is 5.41 Å². The second-order valence-corrected chi connectivity index (χ2v) is 13.1. The lowest BCUT2D eigenvalue weighted by Crippen LogP contribution is -2.21. The van der Waals surface area contributed by atoms with Gasteiger partial charge in [0.25, 0.3) is 0 Å². The van der Waals surface area contributed by atoms with E-state index in [9.17, 15) is 0 Å². The zero-order valence-corrected chi connectivity index (χ0v) is 27.1. The van der Waals surface area contributed by atoms with Crippen LogP contribution in [0.4, 0.5) is 17.1 Å². The number of anilines is 3. The maximum Gasteiger partial charge on any atom is 0.0468 e. The van der Waals surface area contributed by atoms with Gasteiger partial charge in [0.05, 0.1) is 0 Å². The third kappa shape index (κ3) is 5.15. The minimum absolute atomic E-state index is 0.167. The van der Waals surface area contributed by atoms with E-state index >= 15 is 0 Å². The number of fused-ring (bicyclic) bond motifs is 5. The average molecular weight is 604 g/mol. The Balaban J connectivity index is 1.36. The summed E-state index contributed by atoms with van der Waals surface area (Å²) < 4.78 is 0. The van der Waals surface area contributed by atoms with Gasteiger partial charge in [-0.2, -0.15) is 0 Å². The van der Waals surface area contributed by atoms with Crippen LogP contribution in [0.1, 0.15) is 30.5 Å². The number of aryl methyl sites for hydroxylation is 1. The van der Waals surface area contributed by atoms with Crippen LogP contribution >= 0.6 is 0 Å². The topological polar surface area (TPSA) is 3.24 Å². The monoisotopic (exact) mass is 603 g/mol. The Morgan fingerprint density at radius 1 is 0.404 bits per heavy atom. The van der Waals surface area contributed by atoms with Crippen LogP contribution in [0.2, 0.25) is 0 Å². The van der Waals surface area contributed by atoms with Gasteiger partial charge in [0.15, 0.2) is 0 Å². The Kier molecular flexibility index (Phi) is 7.11. The van der Waals surface area contributed by atoms with Gasteiger partial charge in [0, 0.05) is 22.5 Å². The van der Waals surface area contributed by atoms with Crippen LogP contribution in [0.15, 0.2) is 170 Å². The summed E-state index contributed by atoms with van der Waals surface area (Å²) in [4.78, 5) is 2.43. The molecule has 8 aromatic carbocycles. The smallest absolute Gasteiger partial charge is 0.0468 e. The van der Waals surface area contributed by atoms with Crippen LogP contribution in [-0.4, -0.2) is 0 Å². The molecule has 0 atom stereocenters. The zero-order valence-electron chi connectivity index (χ0n) is 27.1. The highest BCUT2D eigenvalue weighted by Gasteiger charge is 2.26. The Bertz CT molecular complexity index is 2390. The molecule has 0 aliphatic heterocycles. The van der Waals surface area contributed by atoms with Crippen molar-refractivity contribution in [2.24, 2.45) is 0 Å². The number of hydrogen-bond donors (Lipinski definition) is 0. The van der Waals surface area contributed by atoms with Gasteiger partial charge in [-0.25, -0.2) is 0 Å². The van der Waals surface area contributed by atoms with E-state index in [4.69, 9.17) is 0 Å². The molecule has 1 heteroatoms. The van der Waals surface area contributed by atoms with E-state index in [-0.39, 0.29) is 5.41 Å². The van der Waals surface area contributed by atoms with Gasteiger partial charge in [0.2, 0.25) is 0 Å². The van der Waals surface area contributed by atoms with Crippen molar-refractivity contribution >= 4 is 49.4 Å². The predicted molar refractivity (Wildman–Crippen MR) is 202 cm³/mol. The first-order valence-corrected chi connectivity index (χ1v) is 16.4. The average Bonchev–Trinajstić information content (AvgIpc) is 3.13. The third-order valence-electron chi connectivity index (χ3n) is 9.85. The lowest BCUT2D eigenvalue weighted by molar-refractivity contribution is 0.636. The number of nitrogens with zero attached hydrogens (tertiary/aromatic N) is 1. The van der Waals surface area contributed by atoms with Crippen molar-refractivity contribution in [3.8, 4) is 11.1 Å². The molecule has 47 heavy (non-hydrogen) atoms. The summed E-state index contributed by atoms with van der Waals surface area (Å²) in [6.07, 6.45) is 0. The molecule has 0 bridgehead atoms. The van der Waals surface area contributed by atoms with Crippen molar-refractivity contribution in [3.05, 3.63) is 187 Å². The van der Waals surface area contributed by atoms with E-state index in [1.165, 1.54) is 60.1 Å². The summed E-state index contributed by atoms with van der Waals surface area (Å²) >= 11 is 0. The second kappa shape index (κ2) is 11.6. The molecule has 226 valence electrons. The molecule has 0 unspecified atom stereocenters. The maximum absolute atomic E-state index is 2.43. The van der Waals surface area contributed by atoms with Crippen molar-refractivity contribution in [2.75, 3.05) is 4.90 Å². The van der Waals surface area contributed by atoms with Gasteiger partial charge in [-0.1, -0.05) is 147 Å². The van der Waals surface area contributed by atoms with E-state index in [0.29, 0.717) is 0 Å². The molecule has 0 heterocycles. The van der Waals surface area contributed by atoms with Crippen molar-refractivity contribution in [1.82, 2.24) is 0 Å². The number of hydrogen-bond acceptors (Lipinski definition) is 1. The fraction of sp³-hybridized carbons (Fsp3) is 0.0870. The molecular formula is C46H37N. The first kappa shape index (κ1) is 28.8. The summed E-state index contributed by atoms with van der Waals surface area (Å²) in [5.41, 5.74) is 9.56. The minimum Gasteiger partial charge on any atom is -0.310 e. The first-order valence-electron chi connectivity index (χ1n) is 16.4. The van der Waals surface area contributed by atoms with E-state index in [2.05, 4.69) is 196 Å². The summed E-state index contributed by atoms with van der Waals surface area (Å²) in [5.74, 6) is 0. The van der Waals surface area contributed by atoms with Gasteiger partial charge in [-0.05, 0) is 103 Å². The Hall–Kier alpha value is -5.66. The molecule has 0 radical (unpaired) electrons. The van der Waals surface area contributed by atoms with Crippen molar-refractivity contribution < 1.29 is 0 Å². The molecule has 0 fully saturated rings. The van der Waals surface area contributed by atoms with Crippen molar-refractivity contribution in [2.45, 2.75) is 26.2 Å². The third-order valence-corrected chi connectivity index (χ3v) is 9.85. The van der Waals surface area contributed by atoms with Gasteiger partial charge in [-0.3, -0.25) is 0 Å². The molecule has 0 N–H and O–H groups in total. The largest absolute Gasteiger partial charge is 0.310 e. The normalized spacial score (nSPS) is 11.7. The summed E-state index contributed by atoms with van der Waals surface area (Å²) in [6.45, 7) is 6.90. The molecule has 8 rings (SSSR count). The molecular weight excluding hydrogens is 567 g/mol. The van der Waals surface area contributed by atoms with Crippen LogP contribution in [0.5, 0.6) is 0 Å². The predicted octanol–water partition coefficient (Wildman–Crippen LogP) is 12.9. The first-order chi connectivity index (χ1) is 23.0. The Morgan fingerprint density at radius 3 is 1.77 bits per heavy atom. The maximum atomic E-state index is 2.43. The van der Waals surface area contributed by atoms with E-state index in [0.717, 1.165) is 17.1 Å². The van der Waals surface area contributed by atoms with E-state index < -0.39 is 0 Å². The molecule has 0 saturated heterocycles. The fourth-order valence-electron chi connectivity index (χ4n) is 7.28. The van der Waals surface area contributed by atoms with Crippen LogP contribution in [0.3, 0.4) is 0 Å². The van der Waals surface area contributed by atoms with Crippen LogP contribution in [0.25, 0.3) is 43.4 Å².